The summed E-state index contributed by atoms with van der Waals surface area (Å²) < 4.78 is 0. The summed E-state index contributed by atoms with van der Waals surface area (Å²) in [5.41, 5.74) is 16.1. The van der Waals surface area contributed by atoms with E-state index in [1.54, 1.807) is 0 Å². The van der Waals surface area contributed by atoms with E-state index in [-0.39, 0.29) is 0 Å². The van der Waals surface area contributed by atoms with Crippen LogP contribution >= 0.6 is 0 Å². The first-order chi connectivity index (χ1) is 50.7. The number of benzene rings is 13. The van der Waals surface area contributed by atoms with E-state index in [2.05, 4.69) is 218 Å². The van der Waals surface area contributed by atoms with Crippen molar-refractivity contribution in [3.8, 4) is 135 Å². The van der Waals surface area contributed by atoms with Crippen LogP contribution in [0.4, 0.5) is 0 Å². The average Bonchev–Trinajstić information content (AvgIpc) is 0.691. The Bertz CT molecular complexity index is 5440. The van der Waals surface area contributed by atoms with Gasteiger partial charge in [-0.15, -0.1) is 61.2 Å². The molecule has 0 bridgehead atoms. The third-order valence-corrected chi connectivity index (χ3v) is 19.3. The number of nitrogens with zero attached hydrogens (tertiary/aromatic N) is 12. The molecule has 0 spiro atoms. The monoisotopic (exact) mass is 1300 g/mol. The molecule has 6 aromatic heterocycles. The van der Waals surface area contributed by atoms with Crippen molar-refractivity contribution in [2.45, 2.75) is 0 Å². The SMILES string of the molecule is c1ccc(-c2nnc(-c3c(-c4nnc(-c5ccccc5)c5ccccc45)c(-c4nnc(-c5ccccc5)c5ccccc45)c(-c4nnc(-c5ccccc5)c5ccccc45)c(-c4nnc(-c5ccccc5)c5ccccc45)c3-c3nnc(-c4ccccc4)c4ccccc34)c3ccccc23)cc1. The smallest absolute Gasteiger partial charge is 0.102 e. The molecule has 12 heteroatoms. The third-order valence-electron chi connectivity index (χ3n) is 19.3. The molecule has 0 aliphatic carbocycles. The minimum atomic E-state index is 0.507. The van der Waals surface area contributed by atoms with E-state index in [4.69, 9.17) is 61.2 Å². The summed E-state index contributed by atoms with van der Waals surface area (Å²) in [6, 6.07) is 112. The van der Waals surface area contributed by atoms with Gasteiger partial charge in [0.15, 0.2) is 0 Å². The van der Waals surface area contributed by atoms with Crippen molar-refractivity contribution >= 4 is 64.6 Å². The molecule has 0 N–H and O–H groups in total. The molecule has 0 saturated carbocycles. The van der Waals surface area contributed by atoms with E-state index in [1.807, 2.05) is 109 Å². The lowest BCUT2D eigenvalue weighted by atomic mass is 9.76. The Labute approximate surface area is 585 Å². The Balaban J connectivity index is 1.13. The van der Waals surface area contributed by atoms with Crippen LogP contribution in [0.3, 0.4) is 0 Å². The van der Waals surface area contributed by atoms with Gasteiger partial charge in [-0.25, -0.2) is 0 Å². The molecule has 474 valence electrons. The van der Waals surface area contributed by atoms with Crippen molar-refractivity contribution in [1.82, 2.24) is 61.2 Å². The third kappa shape index (κ3) is 9.91. The van der Waals surface area contributed by atoms with Crippen molar-refractivity contribution in [3.63, 3.8) is 0 Å². The zero-order valence-corrected chi connectivity index (χ0v) is 54.5. The maximum atomic E-state index is 5.67. The highest BCUT2D eigenvalue weighted by Crippen LogP contribution is 2.59. The lowest BCUT2D eigenvalue weighted by molar-refractivity contribution is 1.04. The minimum Gasteiger partial charge on any atom is -0.149 e. The van der Waals surface area contributed by atoms with Crippen LogP contribution in [0, 0.1) is 0 Å². The molecule has 12 nitrogen and oxygen atoms in total. The maximum Gasteiger partial charge on any atom is 0.102 e. The van der Waals surface area contributed by atoms with Crippen molar-refractivity contribution in [1.29, 1.82) is 0 Å². The molecular formula is C90H54N12. The van der Waals surface area contributed by atoms with Gasteiger partial charge in [-0.2, -0.15) is 0 Å². The van der Waals surface area contributed by atoms with Crippen LogP contribution in [0.25, 0.3) is 200 Å². The first-order valence-electron chi connectivity index (χ1n) is 33.8. The summed E-state index contributed by atoms with van der Waals surface area (Å²) in [5.74, 6) is 0. The van der Waals surface area contributed by atoms with Gasteiger partial charge in [0.05, 0.1) is 0 Å². The molecule has 0 unspecified atom stereocenters. The molecular weight excluding hydrogens is 1250 g/mol. The van der Waals surface area contributed by atoms with Gasteiger partial charge in [0.1, 0.15) is 68.3 Å². The predicted molar refractivity (Wildman–Crippen MR) is 410 cm³/mol. The molecule has 0 radical (unpaired) electrons. The van der Waals surface area contributed by atoms with Crippen molar-refractivity contribution in [2.75, 3.05) is 0 Å². The molecule has 0 aliphatic rings. The predicted octanol–water partition coefficient (Wildman–Crippen LogP) is 21.3. The number of fused-ring (bicyclic) bond motifs is 6. The standard InChI is InChI=1S/C90H54N12/c1-7-31-55(32-8-1)79-61-43-19-25-49-67(61)85(97-91-79)73-74(86-68-50-26-20-44-62(68)80(92-98-86)56-33-9-2-10-34-56)76(88-70-52-28-22-46-64(70)82(94-100-88)58-37-13-4-14-38-58)78(90-72-54-30-24-48-66(72)84(96-102-90)60-41-17-6-18-42-60)77(89-71-53-29-23-47-65(71)83(95-101-89)59-39-15-5-16-40-59)75(73)87-69-51-27-21-45-63(69)81(93-99-87)57-35-11-3-12-36-57/h1-54H. The van der Waals surface area contributed by atoms with Gasteiger partial charge in [-0.05, 0) is 0 Å². The highest BCUT2D eigenvalue weighted by Gasteiger charge is 2.38. The lowest BCUT2D eigenvalue weighted by Gasteiger charge is -2.28. The van der Waals surface area contributed by atoms with Gasteiger partial charge in [0.25, 0.3) is 0 Å². The molecule has 19 rings (SSSR count). The molecule has 102 heavy (non-hydrogen) atoms. The van der Waals surface area contributed by atoms with Crippen LogP contribution in [0.5, 0.6) is 0 Å². The van der Waals surface area contributed by atoms with E-state index in [0.29, 0.717) is 102 Å². The highest BCUT2D eigenvalue weighted by molar-refractivity contribution is 6.25. The van der Waals surface area contributed by atoms with Gasteiger partial charge in [-0.1, -0.05) is 328 Å². The summed E-state index contributed by atoms with van der Waals surface area (Å²) in [5, 5.41) is 76.3. The second-order valence-electron chi connectivity index (χ2n) is 25.1. The van der Waals surface area contributed by atoms with Gasteiger partial charge >= 0.3 is 0 Å². The average molecular weight is 1300 g/mol. The summed E-state index contributed by atoms with van der Waals surface area (Å²) >= 11 is 0. The molecule has 0 fully saturated rings. The summed E-state index contributed by atoms with van der Waals surface area (Å²) in [6.45, 7) is 0. The Morgan fingerprint density at radius 1 is 0.0980 bits per heavy atom. The molecule has 0 saturated heterocycles. The van der Waals surface area contributed by atoms with E-state index >= 15 is 0 Å². The lowest BCUT2D eigenvalue weighted by Crippen LogP contribution is -2.10. The van der Waals surface area contributed by atoms with Crippen LogP contribution in [0.2, 0.25) is 0 Å². The molecule has 6 heterocycles. The highest BCUT2D eigenvalue weighted by atomic mass is 15.2. The van der Waals surface area contributed by atoms with Crippen molar-refractivity contribution in [3.05, 3.63) is 328 Å². The van der Waals surface area contributed by atoms with Gasteiger partial charge in [0.2, 0.25) is 0 Å². The molecule has 0 aliphatic heterocycles. The Kier molecular flexibility index (Phi) is 14.6. The minimum absolute atomic E-state index is 0.507. The number of rotatable bonds is 12. The quantitative estimate of drug-likeness (QED) is 0.114. The number of hydrogen-bond acceptors (Lipinski definition) is 12. The Morgan fingerprint density at radius 2 is 0.196 bits per heavy atom. The van der Waals surface area contributed by atoms with Crippen molar-refractivity contribution < 1.29 is 0 Å². The summed E-state index contributed by atoms with van der Waals surface area (Å²) in [7, 11) is 0. The van der Waals surface area contributed by atoms with Crippen LogP contribution in [-0.4, -0.2) is 61.2 Å². The Hall–Kier alpha value is -14.1. The zero-order valence-electron chi connectivity index (χ0n) is 54.5. The maximum absolute atomic E-state index is 5.67. The molecule has 19 aromatic rings. The summed E-state index contributed by atoms with van der Waals surface area (Å²) in [6.07, 6.45) is 0. The second-order valence-corrected chi connectivity index (χ2v) is 25.1. The Morgan fingerprint density at radius 3 is 0.324 bits per heavy atom. The van der Waals surface area contributed by atoms with E-state index in [9.17, 15) is 0 Å². The topological polar surface area (TPSA) is 155 Å². The van der Waals surface area contributed by atoms with E-state index in [0.717, 1.165) is 98.0 Å². The first kappa shape index (κ1) is 59.2. The van der Waals surface area contributed by atoms with Crippen LogP contribution in [0.1, 0.15) is 0 Å². The number of hydrogen-bond donors (Lipinski definition) is 0. The molecule has 13 aromatic carbocycles. The fraction of sp³-hybridized carbons (Fsp3) is 0. The largest absolute Gasteiger partial charge is 0.149 e. The second kappa shape index (κ2) is 25.1. The normalized spacial score (nSPS) is 11.5. The zero-order chi connectivity index (χ0) is 67.5. The molecule has 0 amide bonds. The van der Waals surface area contributed by atoms with E-state index in [1.165, 1.54) is 0 Å². The van der Waals surface area contributed by atoms with E-state index < -0.39 is 0 Å². The summed E-state index contributed by atoms with van der Waals surface area (Å²) in [4.78, 5) is 0. The van der Waals surface area contributed by atoms with Gasteiger partial charge < -0.3 is 0 Å². The van der Waals surface area contributed by atoms with Crippen LogP contribution < -0.4 is 0 Å². The van der Waals surface area contributed by atoms with Gasteiger partial charge in [-0.3, -0.25) is 0 Å². The van der Waals surface area contributed by atoms with Crippen molar-refractivity contribution in [2.24, 2.45) is 0 Å². The fourth-order valence-electron chi connectivity index (χ4n) is 14.8. The number of aromatic nitrogens is 12. The van der Waals surface area contributed by atoms with Gasteiger partial charge in [0, 0.05) is 131 Å². The first-order valence-corrected chi connectivity index (χ1v) is 33.8. The van der Waals surface area contributed by atoms with Crippen LogP contribution in [0.15, 0.2) is 328 Å². The fourth-order valence-corrected chi connectivity index (χ4v) is 14.8. The van der Waals surface area contributed by atoms with Crippen LogP contribution in [-0.2, 0) is 0 Å². The molecule has 0 atom stereocenters.